The summed E-state index contributed by atoms with van der Waals surface area (Å²) < 4.78 is 122. The summed E-state index contributed by atoms with van der Waals surface area (Å²) in [7, 11) is -5.59. The van der Waals surface area contributed by atoms with Crippen LogP contribution in [0.3, 0.4) is 0 Å². The van der Waals surface area contributed by atoms with Crippen LogP contribution >= 0.6 is 0 Å². The number of benzene rings is 1. The third-order valence-corrected chi connectivity index (χ3v) is 5.44. The molecule has 13 heteroatoms. The van der Waals surface area contributed by atoms with Gasteiger partial charge in [-0.2, -0.15) is 21.6 Å². The quantitative estimate of drug-likeness (QED) is 0.361. The van der Waals surface area contributed by atoms with Crippen molar-refractivity contribution in [2.45, 2.75) is 58.9 Å². The monoisotopic (exact) mass is 471 g/mol. The molecule has 0 aliphatic carbocycles. The molecule has 1 rings (SSSR count). The van der Waals surface area contributed by atoms with E-state index in [0.717, 1.165) is 4.72 Å². The molecule has 0 saturated carbocycles. The lowest BCUT2D eigenvalue weighted by Gasteiger charge is -2.21. The number of carbonyl (C=O) groups excluding carboxylic acids is 1. The molecule has 0 saturated heterocycles. The molecule has 0 aromatic heterocycles. The molecule has 0 radical (unpaired) electrons. The third-order valence-electron chi connectivity index (χ3n) is 4.38. The minimum absolute atomic E-state index is 0.228. The van der Waals surface area contributed by atoms with Crippen molar-refractivity contribution in [3.05, 3.63) is 34.6 Å². The molecule has 1 unspecified atom stereocenters. The molecular formula is C17H21F8NO3S. The van der Waals surface area contributed by atoms with Crippen LogP contribution in [-0.2, 0) is 14.8 Å². The van der Waals surface area contributed by atoms with Gasteiger partial charge < -0.3 is 0 Å². The number of nitrogens with one attached hydrogen (secondary N) is 1. The molecular weight excluding hydrogens is 450 g/mol. The van der Waals surface area contributed by atoms with E-state index in [9.17, 15) is 48.3 Å². The van der Waals surface area contributed by atoms with Crippen molar-refractivity contribution in [3.63, 3.8) is 0 Å². The minimum atomic E-state index is -5.59. The Labute approximate surface area is 168 Å². The highest BCUT2D eigenvalue weighted by Crippen LogP contribution is 2.30. The van der Waals surface area contributed by atoms with Gasteiger partial charge in [0, 0.05) is 11.0 Å². The Morgan fingerprint density at radius 3 is 1.57 bits per heavy atom. The standard InChI is InChI=1S/C10H9F5.C7H12F3NO3S/c1-3-4(2)5-6(11)8(13)10(15)9(14)7(5)12;1-4-6(2,3)5(12)11-15(13,14)7(8,9)10/h4H,3H2,1-2H3;4H2,1-3H3,(H,11,12). The molecule has 174 valence electrons. The first-order valence-electron chi connectivity index (χ1n) is 8.50. The van der Waals surface area contributed by atoms with E-state index in [4.69, 9.17) is 0 Å². The average Bonchev–Trinajstić information content (AvgIpc) is 2.63. The minimum Gasteiger partial charge on any atom is -0.273 e. The van der Waals surface area contributed by atoms with E-state index in [1.54, 1.807) is 13.8 Å². The predicted molar refractivity (Wildman–Crippen MR) is 92.1 cm³/mol. The van der Waals surface area contributed by atoms with E-state index in [2.05, 4.69) is 0 Å². The van der Waals surface area contributed by atoms with Gasteiger partial charge in [-0.25, -0.2) is 26.7 Å². The van der Waals surface area contributed by atoms with Crippen LogP contribution in [0.4, 0.5) is 35.1 Å². The first-order chi connectivity index (χ1) is 13.4. The molecule has 0 fully saturated rings. The van der Waals surface area contributed by atoms with Crippen LogP contribution in [0, 0.1) is 34.5 Å². The topological polar surface area (TPSA) is 63.2 Å². The zero-order valence-electron chi connectivity index (χ0n) is 16.6. The van der Waals surface area contributed by atoms with E-state index in [1.807, 2.05) is 0 Å². The molecule has 0 spiro atoms. The molecule has 0 bridgehead atoms. The maximum Gasteiger partial charge on any atom is 0.516 e. The molecule has 0 aliphatic rings. The highest BCUT2D eigenvalue weighted by Gasteiger charge is 2.48. The van der Waals surface area contributed by atoms with Crippen molar-refractivity contribution in [1.29, 1.82) is 0 Å². The lowest BCUT2D eigenvalue weighted by atomic mass is 9.90. The van der Waals surface area contributed by atoms with Gasteiger partial charge in [0.1, 0.15) is 0 Å². The maximum absolute atomic E-state index is 13.1. The fourth-order valence-corrected chi connectivity index (χ4v) is 2.37. The summed E-state index contributed by atoms with van der Waals surface area (Å²) in [4.78, 5) is 11.2. The van der Waals surface area contributed by atoms with Crippen LogP contribution in [0.25, 0.3) is 0 Å². The highest BCUT2D eigenvalue weighted by atomic mass is 32.2. The number of halogens is 8. The molecule has 1 amide bonds. The van der Waals surface area contributed by atoms with Crippen molar-refractivity contribution >= 4 is 15.9 Å². The van der Waals surface area contributed by atoms with Crippen LogP contribution in [0.5, 0.6) is 0 Å². The number of hydrogen-bond donors (Lipinski definition) is 1. The van der Waals surface area contributed by atoms with Crippen molar-refractivity contribution in [2.24, 2.45) is 5.41 Å². The second-order valence-electron chi connectivity index (χ2n) is 6.91. The Kier molecular flexibility index (Phi) is 9.29. The normalized spacial score (nSPS) is 13.4. The Hall–Kier alpha value is -1.92. The zero-order chi connectivity index (χ0) is 24.2. The van der Waals surface area contributed by atoms with Crippen LogP contribution < -0.4 is 4.72 Å². The molecule has 4 nitrogen and oxygen atoms in total. The van der Waals surface area contributed by atoms with Crippen LogP contribution in [-0.4, -0.2) is 19.8 Å². The Bertz CT molecular complexity index is 853. The second-order valence-corrected chi connectivity index (χ2v) is 8.58. The molecule has 0 heterocycles. The van der Waals surface area contributed by atoms with Gasteiger partial charge in [0.05, 0.1) is 0 Å². The van der Waals surface area contributed by atoms with Gasteiger partial charge in [-0.05, 0) is 18.8 Å². The highest BCUT2D eigenvalue weighted by molar-refractivity contribution is 7.90. The van der Waals surface area contributed by atoms with E-state index >= 15 is 0 Å². The summed E-state index contributed by atoms with van der Waals surface area (Å²) in [5.74, 6) is -11.2. The number of rotatable bonds is 5. The zero-order valence-corrected chi connectivity index (χ0v) is 17.5. The van der Waals surface area contributed by atoms with Gasteiger partial charge in [-0.1, -0.05) is 34.6 Å². The average molecular weight is 471 g/mol. The lowest BCUT2D eigenvalue weighted by molar-refractivity contribution is -0.128. The molecule has 1 aromatic carbocycles. The van der Waals surface area contributed by atoms with Crippen LogP contribution in [0.15, 0.2) is 0 Å². The van der Waals surface area contributed by atoms with E-state index < -0.39 is 67.4 Å². The number of carbonyl (C=O) groups is 1. The Balaban J connectivity index is 0.000000561. The molecule has 1 aromatic rings. The number of amides is 1. The first kappa shape index (κ1) is 28.1. The number of hydrogen-bond acceptors (Lipinski definition) is 3. The lowest BCUT2D eigenvalue weighted by Crippen LogP contribution is -2.45. The van der Waals surface area contributed by atoms with Crippen molar-refractivity contribution in [2.75, 3.05) is 0 Å². The Morgan fingerprint density at radius 1 is 0.900 bits per heavy atom. The maximum atomic E-state index is 13.1. The SMILES string of the molecule is CCC(C)(C)C(=O)NS(=O)(=O)C(F)(F)F.CCC(C)c1c(F)c(F)c(F)c(F)c1F. The fraction of sp³-hybridized carbons (Fsp3) is 0.588. The summed E-state index contributed by atoms with van der Waals surface area (Å²) in [6.07, 6.45) is 0.518. The largest absolute Gasteiger partial charge is 0.516 e. The van der Waals surface area contributed by atoms with Gasteiger partial charge in [-0.15, -0.1) is 0 Å². The van der Waals surface area contributed by atoms with Crippen molar-refractivity contribution in [1.82, 2.24) is 4.72 Å². The van der Waals surface area contributed by atoms with Gasteiger partial charge in [0.2, 0.25) is 11.7 Å². The summed E-state index contributed by atoms with van der Waals surface area (Å²) in [6.45, 7) is 7.28. The number of sulfonamides is 1. The van der Waals surface area contributed by atoms with Crippen molar-refractivity contribution < 1.29 is 48.3 Å². The summed E-state index contributed by atoms with van der Waals surface area (Å²) >= 11 is 0. The number of alkyl halides is 3. The van der Waals surface area contributed by atoms with Gasteiger partial charge >= 0.3 is 15.5 Å². The summed E-state index contributed by atoms with van der Waals surface area (Å²) in [5, 5.41) is 0. The van der Waals surface area contributed by atoms with E-state index in [1.165, 1.54) is 20.8 Å². The third kappa shape index (κ3) is 6.29. The van der Waals surface area contributed by atoms with E-state index in [0.29, 0.717) is 6.42 Å². The molecule has 1 N–H and O–H groups in total. The van der Waals surface area contributed by atoms with Crippen LogP contribution in [0.2, 0.25) is 0 Å². The fourth-order valence-electron chi connectivity index (χ4n) is 1.74. The molecule has 30 heavy (non-hydrogen) atoms. The van der Waals surface area contributed by atoms with E-state index in [-0.39, 0.29) is 6.42 Å². The van der Waals surface area contributed by atoms with Gasteiger partial charge in [0.25, 0.3) is 0 Å². The first-order valence-corrected chi connectivity index (χ1v) is 9.98. The van der Waals surface area contributed by atoms with Gasteiger partial charge in [0.15, 0.2) is 23.3 Å². The summed E-state index contributed by atoms with van der Waals surface area (Å²) in [5.41, 5.74) is -7.36. The molecule has 1 atom stereocenters. The predicted octanol–water partition coefficient (Wildman–Crippen LogP) is 5.28. The molecule has 0 aliphatic heterocycles. The van der Waals surface area contributed by atoms with Crippen molar-refractivity contribution in [3.8, 4) is 0 Å². The van der Waals surface area contributed by atoms with Crippen LogP contribution in [0.1, 0.15) is 58.9 Å². The van der Waals surface area contributed by atoms with Gasteiger partial charge in [-0.3, -0.25) is 4.79 Å². The smallest absolute Gasteiger partial charge is 0.273 e. The second kappa shape index (κ2) is 9.92. The Morgan fingerprint density at radius 2 is 1.27 bits per heavy atom. The summed E-state index contributed by atoms with van der Waals surface area (Å²) in [6, 6.07) is 0.